The second-order valence-electron chi connectivity index (χ2n) is 6.40. The van der Waals surface area contributed by atoms with Crippen LogP contribution in [0.2, 0.25) is 25.7 Å². The van der Waals surface area contributed by atoms with Gasteiger partial charge in [0.05, 0.1) is 0 Å². The number of rotatable bonds is 5. The second-order valence-corrected chi connectivity index (χ2v) is 11.9. The van der Waals surface area contributed by atoms with Gasteiger partial charge in [0.15, 0.2) is 0 Å². The van der Waals surface area contributed by atoms with E-state index in [-0.39, 0.29) is 0 Å². The first-order chi connectivity index (χ1) is 5.72. The third kappa shape index (κ3) is 7.30. The highest BCUT2D eigenvalue weighted by molar-refractivity contribution is 6.76. The molecule has 1 unspecified atom stereocenters. The summed E-state index contributed by atoms with van der Waals surface area (Å²) in [5, 5.41) is 0. The molecule has 0 amide bonds. The number of hydrogen-bond donors (Lipinski definition) is 0. The van der Waals surface area contributed by atoms with Crippen LogP contribution in [0.25, 0.3) is 0 Å². The maximum atomic E-state index is 2.49. The van der Waals surface area contributed by atoms with E-state index in [0.717, 1.165) is 17.8 Å². The summed E-state index contributed by atoms with van der Waals surface area (Å²) < 4.78 is 0. The summed E-state index contributed by atoms with van der Waals surface area (Å²) in [6.07, 6.45) is 1.42. The molecule has 0 aliphatic carbocycles. The summed E-state index contributed by atoms with van der Waals surface area (Å²) in [4.78, 5) is 0. The quantitative estimate of drug-likeness (QED) is 0.567. The Kier molecular flexibility index (Phi) is 5.27. The van der Waals surface area contributed by atoms with Crippen molar-refractivity contribution in [2.75, 3.05) is 0 Å². The summed E-state index contributed by atoms with van der Waals surface area (Å²) in [6.45, 7) is 16.9. The molecule has 0 aliphatic rings. The van der Waals surface area contributed by atoms with E-state index in [4.69, 9.17) is 0 Å². The normalized spacial score (nSPS) is 15.5. The van der Waals surface area contributed by atoms with Crippen LogP contribution in [0.1, 0.15) is 34.1 Å². The Bertz CT molecular complexity index is 131. The molecule has 0 N–H and O–H groups in total. The smallest absolute Gasteiger partial charge is 0.0445 e. The molecule has 13 heavy (non-hydrogen) atoms. The zero-order valence-corrected chi connectivity index (χ0v) is 11.6. The van der Waals surface area contributed by atoms with Gasteiger partial charge in [-0.15, -0.1) is 0 Å². The number of hydrogen-bond acceptors (Lipinski definition) is 0. The van der Waals surface area contributed by atoms with E-state index in [0.29, 0.717) is 0 Å². The van der Waals surface area contributed by atoms with E-state index in [2.05, 4.69) is 47.3 Å². The first-order valence-electron chi connectivity index (χ1n) is 5.72. The largest absolute Gasteiger partial charge is 0.0695 e. The van der Waals surface area contributed by atoms with Crippen LogP contribution in [-0.2, 0) is 0 Å². The molecule has 0 heterocycles. The Morgan fingerprint density at radius 2 is 1.38 bits per heavy atom. The molecule has 0 aromatic rings. The maximum absolute atomic E-state index is 2.49. The van der Waals surface area contributed by atoms with Crippen LogP contribution in [0.4, 0.5) is 0 Å². The molecule has 1 atom stereocenters. The minimum absolute atomic E-state index is 0.850. The average Bonchev–Trinajstić information content (AvgIpc) is 1.81. The maximum Gasteiger partial charge on any atom is 0.0445 e. The third-order valence-electron chi connectivity index (χ3n) is 2.59. The fourth-order valence-electron chi connectivity index (χ4n) is 1.98. The molecule has 80 valence electrons. The fraction of sp³-hybridized carbons (Fsp3) is 1.00. The van der Waals surface area contributed by atoms with Crippen LogP contribution in [0.15, 0.2) is 0 Å². The van der Waals surface area contributed by atoms with Crippen LogP contribution >= 0.6 is 0 Å². The topological polar surface area (TPSA) is 0 Å². The highest BCUT2D eigenvalue weighted by Crippen LogP contribution is 2.29. The molecule has 1 heteroatoms. The molecule has 0 bridgehead atoms. The highest BCUT2D eigenvalue weighted by atomic mass is 28.3. The standard InChI is InChI=1S/C12H28Si/c1-10(2)8-12(11(3)4)9-13(5,6)7/h10-12H,8-9H2,1-7H3. The van der Waals surface area contributed by atoms with Crippen LogP contribution in [0.3, 0.4) is 0 Å². The van der Waals surface area contributed by atoms with Crippen LogP contribution in [0.5, 0.6) is 0 Å². The average molecular weight is 200 g/mol. The lowest BCUT2D eigenvalue weighted by Gasteiger charge is -2.28. The fourth-order valence-corrected chi connectivity index (χ4v) is 4.19. The predicted octanol–water partition coefficient (Wildman–Crippen LogP) is 4.64. The van der Waals surface area contributed by atoms with Gasteiger partial charge in [0.1, 0.15) is 0 Å². The Hall–Kier alpha value is 0.217. The minimum Gasteiger partial charge on any atom is -0.0695 e. The van der Waals surface area contributed by atoms with Gasteiger partial charge in [-0.25, -0.2) is 0 Å². The molecule has 0 nitrogen and oxygen atoms in total. The molecule has 0 aromatic carbocycles. The van der Waals surface area contributed by atoms with Crippen molar-refractivity contribution in [1.29, 1.82) is 0 Å². The van der Waals surface area contributed by atoms with E-state index in [1.165, 1.54) is 12.5 Å². The van der Waals surface area contributed by atoms with Crippen molar-refractivity contribution in [3.63, 3.8) is 0 Å². The van der Waals surface area contributed by atoms with Crippen LogP contribution < -0.4 is 0 Å². The summed E-state index contributed by atoms with van der Waals surface area (Å²) in [5.74, 6) is 2.70. The van der Waals surface area contributed by atoms with Crippen molar-refractivity contribution < 1.29 is 0 Å². The summed E-state index contributed by atoms with van der Waals surface area (Å²) in [7, 11) is -0.850. The van der Waals surface area contributed by atoms with E-state index < -0.39 is 8.07 Å². The van der Waals surface area contributed by atoms with Gasteiger partial charge in [-0.2, -0.15) is 0 Å². The Morgan fingerprint density at radius 3 is 1.62 bits per heavy atom. The molecule has 0 aliphatic heterocycles. The summed E-state index contributed by atoms with van der Waals surface area (Å²) in [5.41, 5.74) is 0. The Morgan fingerprint density at radius 1 is 0.923 bits per heavy atom. The van der Waals surface area contributed by atoms with Crippen molar-refractivity contribution in [3.05, 3.63) is 0 Å². The van der Waals surface area contributed by atoms with Crippen molar-refractivity contribution in [2.45, 2.75) is 59.8 Å². The van der Waals surface area contributed by atoms with Crippen molar-refractivity contribution >= 4 is 8.07 Å². The summed E-state index contributed by atoms with van der Waals surface area (Å²) in [6, 6.07) is 1.50. The lowest BCUT2D eigenvalue weighted by molar-refractivity contribution is 0.341. The molecule has 0 saturated heterocycles. The Labute approximate surface area is 86.1 Å². The van der Waals surface area contributed by atoms with Gasteiger partial charge >= 0.3 is 0 Å². The van der Waals surface area contributed by atoms with Gasteiger partial charge in [0, 0.05) is 8.07 Å². The van der Waals surface area contributed by atoms with Crippen molar-refractivity contribution in [3.8, 4) is 0 Å². The van der Waals surface area contributed by atoms with Gasteiger partial charge in [-0.3, -0.25) is 0 Å². The third-order valence-corrected chi connectivity index (χ3v) is 4.34. The first kappa shape index (κ1) is 13.2. The molecular weight excluding hydrogens is 172 g/mol. The predicted molar refractivity (Wildman–Crippen MR) is 65.9 cm³/mol. The zero-order chi connectivity index (χ0) is 10.6. The lowest BCUT2D eigenvalue weighted by Crippen LogP contribution is -2.27. The highest BCUT2D eigenvalue weighted by Gasteiger charge is 2.23. The van der Waals surface area contributed by atoms with E-state index in [1.54, 1.807) is 0 Å². The first-order valence-corrected chi connectivity index (χ1v) is 9.43. The van der Waals surface area contributed by atoms with Crippen molar-refractivity contribution in [2.24, 2.45) is 17.8 Å². The minimum atomic E-state index is -0.850. The van der Waals surface area contributed by atoms with Crippen LogP contribution in [0, 0.1) is 17.8 Å². The molecule has 0 saturated carbocycles. The van der Waals surface area contributed by atoms with E-state index in [9.17, 15) is 0 Å². The molecule has 0 radical (unpaired) electrons. The second kappa shape index (κ2) is 5.19. The van der Waals surface area contributed by atoms with Gasteiger partial charge in [0.2, 0.25) is 0 Å². The lowest BCUT2D eigenvalue weighted by atomic mass is 9.89. The zero-order valence-electron chi connectivity index (χ0n) is 10.6. The monoisotopic (exact) mass is 200 g/mol. The van der Waals surface area contributed by atoms with Gasteiger partial charge in [-0.1, -0.05) is 53.4 Å². The Balaban J connectivity index is 4.11. The molecular formula is C12H28Si. The molecule has 0 spiro atoms. The van der Waals surface area contributed by atoms with E-state index in [1.807, 2.05) is 0 Å². The SMILES string of the molecule is CC(C)CC(C[Si](C)(C)C)C(C)C. The molecule has 0 rings (SSSR count). The van der Waals surface area contributed by atoms with Gasteiger partial charge in [-0.05, 0) is 24.2 Å². The van der Waals surface area contributed by atoms with Gasteiger partial charge in [0.25, 0.3) is 0 Å². The molecule has 0 aromatic heterocycles. The van der Waals surface area contributed by atoms with Crippen molar-refractivity contribution in [1.82, 2.24) is 0 Å². The van der Waals surface area contributed by atoms with E-state index >= 15 is 0 Å². The van der Waals surface area contributed by atoms with Gasteiger partial charge < -0.3 is 0 Å². The molecule has 0 fully saturated rings. The van der Waals surface area contributed by atoms with Crippen LogP contribution in [-0.4, -0.2) is 8.07 Å². The summed E-state index contributed by atoms with van der Waals surface area (Å²) >= 11 is 0.